The van der Waals surface area contributed by atoms with Crippen LogP contribution in [0.4, 0.5) is 5.69 Å². The third-order valence-corrected chi connectivity index (χ3v) is 9.06. The topological polar surface area (TPSA) is 65.6 Å². The lowest BCUT2D eigenvalue weighted by molar-refractivity contribution is 0.152. The van der Waals surface area contributed by atoms with Crippen molar-refractivity contribution in [3.63, 3.8) is 0 Å². The fourth-order valence-corrected chi connectivity index (χ4v) is 6.81. The number of fused-ring (bicyclic) bond motifs is 4. The maximum Gasteiger partial charge on any atom is 0.178 e. The molecule has 0 saturated heterocycles. The first kappa shape index (κ1) is 19.3. The highest BCUT2D eigenvalue weighted by atomic mass is 15.0. The van der Waals surface area contributed by atoms with Gasteiger partial charge in [0.05, 0.1) is 11.6 Å². The number of hydrogen-bond donors (Lipinski definition) is 3. The number of aromatic amines is 1. The number of anilines is 1. The zero-order valence-electron chi connectivity index (χ0n) is 19.0. The summed E-state index contributed by atoms with van der Waals surface area (Å²) in [5, 5.41) is 7.65. The third kappa shape index (κ3) is 2.85. The van der Waals surface area contributed by atoms with Gasteiger partial charge in [0.25, 0.3) is 0 Å². The highest BCUT2D eigenvalue weighted by Crippen LogP contribution is 2.65. The van der Waals surface area contributed by atoms with Crippen molar-refractivity contribution in [3.05, 3.63) is 53.0 Å². The Kier molecular flexibility index (Phi) is 4.08. The second-order valence-electron chi connectivity index (χ2n) is 10.9. The molecule has 31 heavy (non-hydrogen) atoms. The lowest BCUT2D eigenvalue weighted by Gasteiger charge is -2.33. The predicted molar refractivity (Wildman–Crippen MR) is 125 cm³/mol. The van der Waals surface area contributed by atoms with E-state index < -0.39 is 0 Å². The molecule has 3 aliphatic rings. The van der Waals surface area contributed by atoms with Gasteiger partial charge in [-0.05, 0) is 72.6 Å². The minimum Gasteiger partial charge on any atom is -0.378 e. The first-order valence-corrected chi connectivity index (χ1v) is 11.8. The molecular formula is C26H33N5. The van der Waals surface area contributed by atoms with Crippen molar-refractivity contribution in [2.75, 3.05) is 5.32 Å². The van der Waals surface area contributed by atoms with Gasteiger partial charge in [0.2, 0.25) is 0 Å². The number of rotatable bonds is 4. The van der Waals surface area contributed by atoms with Crippen LogP contribution in [0.5, 0.6) is 0 Å². The van der Waals surface area contributed by atoms with E-state index in [0.29, 0.717) is 16.9 Å². The molecule has 0 radical (unpaired) electrons. The summed E-state index contributed by atoms with van der Waals surface area (Å²) >= 11 is 0. The van der Waals surface area contributed by atoms with Crippen LogP contribution < -0.4 is 10.6 Å². The quantitative estimate of drug-likeness (QED) is 0.542. The molecule has 3 heterocycles. The molecule has 4 unspecified atom stereocenters. The van der Waals surface area contributed by atoms with E-state index >= 15 is 0 Å². The molecule has 1 aromatic carbocycles. The van der Waals surface area contributed by atoms with Crippen molar-refractivity contribution in [3.8, 4) is 0 Å². The van der Waals surface area contributed by atoms with Crippen molar-refractivity contribution < 1.29 is 0 Å². The van der Waals surface area contributed by atoms with Crippen molar-refractivity contribution in [1.82, 2.24) is 20.3 Å². The van der Waals surface area contributed by atoms with Gasteiger partial charge in [-0.3, -0.25) is 0 Å². The largest absolute Gasteiger partial charge is 0.378 e. The van der Waals surface area contributed by atoms with Crippen molar-refractivity contribution in [2.24, 2.45) is 16.7 Å². The van der Waals surface area contributed by atoms with E-state index in [-0.39, 0.29) is 6.04 Å². The molecule has 2 aliphatic carbocycles. The number of nitrogens with zero attached hydrogens (tertiary/aromatic N) is 2. The van der Waals surface area contributed by atoms with Crippen LogP contribution in [0.25, 0.3) is 11.2 Å². The summed E-state index contributed by atoms with van der Waals surface area (Å²) in [6.45, 7) is 10.4. The summed E-state index contributed by atoms with van der Waals surface area (Å²) in [6, 6.07) is 9.96. The van der Waals surface area contributed by atoms with Gasteiger partial charge in [-0.25, -0.2) is 9.97 Å². The number of benzene rings is 1. The average Bonchev–Trinajstić information content (AvgIpc) is 3.42. The molecule has 6 rings (SSSR count). The van der Waals surface area contributed by atoms with Crippen LogP contribution in [0.15, 0.2) is 30.5 Å². The van der Waals surface area contributed by atoms with E-state index in [2.05, 4.69) is 70.6 Å². The van der Waals surface area contributed by atoms with E-state index in [1.807, 2.05) is 13.1 Å². The van der Waals surface area contributed by atoms with Gasteiger partial charge in [-0.2, -0.15) is 0 Å². The maximum atomic E-state index is 4.50. The Morgan fingerprint density at radius 3 is 2.84 bits per heavy atom. The van der Waals surface area contributed by atoms with Crippen LogP contribution >= 0.6 is 0 Å². The summed E-state index contributed by atoms with van der Waals surface area (Å²) < 4.78 is 0. The van der Waals surface area contributed by atoms with Crippen LogP contribution in [0, 0.1) is 23.7 Å². The van der Waals surface area contributed by atoms with Crippen molar-refractivity contribution >= 4 is 16.9 Å². The number of imidazole rings is 1. The Morgan fingerprint density at radius 1 is 1.19 bits per heavy atom. The molecule has 2 fully saturated rings. The summed E-state index contributed by atoms with van der Waals surface area (Å²) in [4.78, 5) is 12.3. The maximum absolute atomic E-state index is 4.50. The zero-order valence-corrected chi connectivity index (χ0v) is 19.0. The molecular weight excluding hydrogens is 382 g/mol. The zero-order chi connectivity index (χ0) is 21.4. The molecule has 2 aromatic heterocycles. The van der Waals surface area contributed by atoms with Crippen LogP contribution in [-0.2, 0) is 13.0 Å². The van der Waals surface area contributed by atoms with E-state index in [1.54, 1.807) is 0 Å². The normalized spacial score (nSPS) is 30.6. The second kappa shape index (κ2) is 6.55. The standard InChI is InChI=1S/C26H33N5/c1-15-29-23-18(8-10-27-24(23)30-15)21-12-17-11-16(5-6-20(17)31-21)14-28-22-13-26(4)9-7-19(22)25(26,2)3/h5-6,8,10-11,19,21-22,28,31H,7,9,12-14H2,1-4H3,(H,27,29,30). The van der Waals surface area contributed by atoms with Gasteiger partial charge in [0.1, 0.15) is 5.82 Å². The first-order chi connectivity index (χ1) is 14.8. The lowest BCUT2D eigenvalue weighted by Crippen LogP contribution is -2.35. The lowest BCUT2D eigenvalue weighted by atomic mass is 9.71. The molecule has 5 nitrogen and oxygen atoms in total. The van der Waals surface area contributed by atoms with E-state index in [1.165, 1.54) is 41.6 Å². The molecule has 4 atom stereocenters. The monoisotopic (exact) mass is 415 g/mol. The summed E-state index contributed by atoms with van der Waals surface area (Å²) in [6.07, 6.45) is 6.96. The fraction of sp³-hybridized carbons (Fsp3) is 0.538. The Labute approximate surface area is 184 Å². The first-order valence-electron chi connectivity index (χ1n) is 11.8. The smallest absolute Gasteiger partial charge is 0.178 e. The summed E-state index contributed by atoms with van der Waals surface area (Å²) in [5.41, 5.74) is 8.13. The molecule has 5 heteroatoms. The number of pyridine rings is 1. The van der Waals surface area contributed by atoms with Crippen molar-refractivity contribution in [1.29, 1.82) is 0 Å². The number of aromatic nitrogens is 3. The number of nitrogens with one attached hydrogen (secondary N) is 3. The van der Waals surface area contributed by atoms with Gasteiger partial charge in [-0.1, -0.05) is 32.9 Å². The van der Waals surface area contributed by atoms with Crippen LogP contribution in [0.2, 0.25) is 0 Å². The van der Waals surface area contributed by atoms with Gasteiger partial charge >= 0.3 is 0 Å². The fourth-order valence-electron chi connectivity index (χ4n) is 6.81. The molecule has 3 N–H and O–H groups in total. The van der Waals surface area contributed by atoms with Gasteiger partial charge in [0, 0.05) is 30.0 Å². The molecule has 0 spiro atoms. The summed E-state index contributed by atoms with van der Waals surface area (Å²) in [7, 11) is 0. The minimum atomic E-state index is 0.259. The molecule has 3 aromatic rings. The summed E-state index contributed by atoms with van der Waals surface area (Å²) in [5.74, 6) is 1.72. The van der Waals surface area contributed by atoms with E-state index in [0.717, 1.165) is 35.9 Å². The third-order valence-electron chi connectivity index (χ3n) is 9.06. The number of aryl methyl sites for hydroxylation is 1. The predicted octanol–water partition coefficient (Wildman–Crippen LogP) is 5.28. The van der Waals surface area contributed by atoms with E-state index in [9.17, 15) is 0 Å². The number of hydrogen-bond acceptors (Lipinski definition) is 4. The SMILES string of the molecule is Cc1nc2nccc(C3Cc4cc(CNC5CC6(C)CCC5C6(C)C)ccc4N3)c2[nH]1. The Bertz CT molecular complexity index is 1160. The van der Waals surface area contributed by atoms with Gasteiger partial charge < -0.3 is 15.6 Å². The molecule has 0 amide bonds. The van der Waals surface area contributed by atoms with Crippen molar-refractivity contribution in [2.45, 2.75) is 72.0 Å². The molecule has 2 bridgehead atoms. The number of H-pyrrole nitrogens is 1. The van der Waals surface area contributed by atoms with Gasteiger partial charge in [0.15, 0.2) is 5.65 Å². The minimum absolute atomic E-state index is 0.259. The Morgan fingerprint density at radius 2 is 2.06 bits per heavy atom. The Balaban J connectivity index is 1.17. The van der Waals surface area contributed by atoms with Crippen LogP contribution in [0.3, 0.4) is 0 Å². The average molecular weight is 416 g/mol. The molecule has 1 aliphatic heterocycles. The van der Waals surface area contributed by atoms with Crippen LogP contribution in [-0.4, -0.2) is 21.0 Å². The highest BCUT2D eigenvalue weighted by molar-refractivity contribution is 5.77. The van der Waals surface area contributed by atoms with Gasteiger partial charge in [-0.15, -0.1) is 0 Å². The highest BCUT2D eigenvalue weighted by Gasteiger charge is 2.60. The van der Waals surface area contributed by atoms with Crippen LogP contribution in [0.1, 0.15) is 68.6 Å². The second-order valence-corrected chi connectivity index (χ2v) is 10.9. The Hall–Kier alpha value is -2.40. The molecule has 2 saturated carbocycles. The molecule has 162 valence electrons. The van der Waals surface area contributed by atoms with E-state index in [4.69, 9.17) is 0 Å².